The first kappa shape index (κ1) is 15.1. The van der Waals surface area contributed by atoms with Gasteiger partial charge in [-0.25, -0.2) is 4.79 Å². The van der Waals surface area contributed by atoms with Crippen molar-refractivity contribution in [3.8, 4) is 0 Å². The van der Waals surface area contributed by atoms with E-state index in [4.69, 9.17) is 5.11 Å². The Morgan fingerprint density at radius 1 is 1.00 bits per heavy atom. The molecule has 4 unspecified atom stereocenters. The van der Waals surface area contributed by atoms with Crippen molar-refractivity contribution in [2.75, 3.05) is 13.1 Å². The molecule has 114 valence electrons. The highest BCUT2D eigenvalue weighted by atomic mass is 16.4. The first-order valence-electron chi connectivity index (χ1n) is 7.82. The predicted octanol–water partition coefficient (Wildman–Crippen LogP) is 2.22. The molecule has 0 aromatic heterocycles. The topological polar surface area (TPSA) is 78.4 Å². The number of carboxylic acids is 1. The molecule has 2 rings (SSSR count). The minimum absolute atomic E-state index is 0.0867. The lowest BCUT2D eigenvalue weighted by atomic mass is 9.96. The van der Waals surface area contributed by atoms with Crippen LogP contribution in [-0.4, -0.2) is 30.2 Å². The Morgan fingerprint density at radius 2 is 1.60 bits per heavy atom. The highest BCUT2D eigenvalue weighted by molar-refractivity contribution is 5.74. The molecule has 2 saturated carbocycles. The van der Waals surface area contributed by atoms with E-state index in [1.54, 1.807) is 0 Å². The maximum atomic E-state index is 11.8. The van der Waals surface area contributed by atoms with E-state index in [1.807, 2.05) is 0 Å². The molecule has 4 atom stereocenters. The molecule has 0 aromatic carbocycles. The third-order valence-corrected chi connectivity index (χ3v) is 5.07. The second-order valence-electron chi connectivity index (χ2n) is 6.39. The van der Waals surface area contributed by atoms with Crippen LogP contribution in [0.4, 0.5) is 4.79 Å². The summed E-state index contributed by atoms with van der Waals surface area (Å²) in [5, 5.41) is 14.9. The molecule has 2 aliphatic rings. The summed E-state index contributed by atoms with van der Waals surface area (Å²) in [4.78, 5) is 22.8. The summed E-state index contributed by atoms with van der Waals surface area (Å²) in [5.74, 6) is 0.365. The summed E-state index contributed by atoms with van der Waals surface area (Å²) < 4.78 is 0. The number of nitrogens with one attached hydrogen (secondary N) is 2. The smallest absolute Gasteiger partial charge is 0.314 e. The number of urea groups is 1. The maximum absolute atomic E-state index is 11.8. The normalized spacial score (nSPS) is 33.0. The Labute approximate surface area is 120 Å². The van der Waals surface area contributed by atoms with Gasteiger partial charge in [0.1, 0.15) is 0 Å². The van der Waals surface area contributed by atoms with E-state index in [-0.39, 0.29) is 17.9 Å². The van der Waals surface area contributed by atoms with Crippen molar-refractivity contribution < 1.29 is 14.7 Å². The number of carboxylic acid groups (broad SMARTS) is 1. The van der Waals surface area contributed by atoms with Crippen molar-refractivity contribution in [1.82, 2.24) is 10.6 Å². The van der Waals surface area contributed by atoms with Gasteiger partial charge in [-0.15, -0.1) is 0 Å². The minimum atomic E-state index is -0.727. The van der Waals surface area contributed by atoms with Crippen LogP contribution in [0.25, 0.3) is 0 Å². The van der Waals surface area contributed by atoms with E-state index in [1.165, 1.54) is 19.3 Å². The lowest BCUT2D eigenvalue weighted by Gasteiger charge is -2.19. The maximum Gasteiger partial charge on any atom is 0.314 e. The van der Waals surface area contributed by atoms with Crippen LogP contribution in [-0.2, 0) is 4.79 Å². The molecule has 2 fully saturated rings. The van der Waals surface area contributed by atoms with Gasteiger partial charge in [-0.05, 0) is 37.0 Å². The van der Waals surface area contributed by atoms with Crippen LogP contribution >= 0.6 is 0 Å². The molecule has 0 spiro atoms. The molecule has 5 nitrogen and oxygen atoms in total. The van der Waals surface area contributed by atoms with Gasteiger partial charge in [-0.1, -0.05) is 26.2 Å². The van der Waals surface area contributed by atoms with E-state index < -0.39 is 5.97 Å². The van der Waals surface area contributed by atoms with E-state index in [2.05, 4.69) is 17.6 Å². The summed E-state index contributed by atoms with van der Waals surface area (Å²) in [7, 11) is 0. The van der Waals surface area contributed by atoms with Crippen molar-refractivity contribution in [2.24, 2.45) is 23.7 Å². The molecule has 0 saturated heterocycles. The first-order chi connectivity index (χ1) is 9.58. The van der Waals surface area contributed by atoms with Crippen LogP contribution in [0.2, 0.25) is 0 Å². The zero-order valence-electron chi connectivity index (χ0n) is 12.2. The average molecular weight is 282 g/mol. The Hall–Kier alpha value is -1.26. The van der Waals surface area contributed by atoms with Crippen molar-refractivity contribution in [2.45, 2.75) is 45.4 Å². The van der Waals surface area contributed by atoms with Gasteiger partial charge in [0.2, 0.25) is 0 Å². The Morgan fingerprint density at radius 3 is 2.20 bits per heavy atom. The number of amides is 2. The second-order valence-corrected chi connectivity index (χ2v) is 6.39. The van der Waals surface area contributed by atoms with Crippen LogP contribution < -0.4 is 10.6 Å². The van der Waals surface area contributed by atoms with E-state index in [9.17, 15) is 9.59 Å². The van der Waals surface area contributed by atoms with Gasteiger partial charge in [0.15, 0.2) is 0 Å². The number of hydrogen-bond donors (Lipinski definition) is 3. The Kier molecular flexibility index (Phi) is 5.26. The zero-order valence-corrected chi connectivity index (χ0v) is 12.2. The van der Waals surface area contributed by atoms with Gasteiger partial charge in [-0.3, -0.25) is 4.79 Å². The summed E-state index contributed by atoms with van der Waals surface area (Å²) in [6.45, 7) is 3.45. The molecule has 0 heterocycles. The molecule has 2 amide bonds. The van der Waals surface area contributed by atoms with Gasteiger partial charge >= 0.3 is 12.0 Å². The molecule has 5 heteroatoms. The standard InChI is InChI=1S/C15H26N2O3/c1-10-4-2-5-11(10)8-16-15(20)17-9-12-6-3-7-13(12)14(18)19/h10-13H,2-9H2,1H3,(H,18,19)(H2,16,17,20). The van der Waals surface area contributed by atoms with Gasteiger partial charge in [0.25, 0.3) is 0 Å². The number of hydrogen-bond acceptors (Lipinski definition) is 2. The van der Waals surface area contributed by atoms with Crippen LogP contribution in [0.3, 0.4) is 0 Å². The fourth-order valence-electron chi connectivity index (χ4n) is 3.64. The highest BCUT2D eigenvalue weighted by Gasteiger charge is 2.32. The molecule has 0 aliphatic heterocycles. The summed E-state index contributed by atoms with van der Waals surface area (Å²) in [6, 6.07) is -0.153. The third-order valence-electron chi connectivity index (χ3n) is 5.07. The summed E-state index contributed by atoms with van der Waals surface area (Å²) >= 11 is 0. The van der Waals surface area contributed by atoms with Gasteiger partial charge in [0.05, 0.1) is 5.92 Å². The first-order valence-corrected chi connectivity index (χ1v) is 7.82. The van der Waals surface area contributed by atoms with Gasteiger partial charge < -0.3 is 15.7 Å². The molecular formula is C15H26N2O3. The Balaban J connectivity index is 1.66. The fraction of sp³-hybridized carbons (Fsp3) is 0.867. The fourth-order valence-corrected chi connectivity index (χ4v) is 3.64. The average Bonchev–Trinajstić information content (AvgIpc) is 3.02. The molecule has 0 bridgehead atoms. The highest BCUT2D eigenvalue weighted by Crippen LogP contribution is 2.31. The SMILES string of the molecule is CC1CCCC1CNC(=O)NCC1CCCC1C(=O)O. The molecule has 20 heavy (non-hydrogen) atoms. The van der Waals surface area contributed by atoms with E-state index in [0.29, 0.717) is 18.4 Å². The van der Waals surface area contributed by atoms with E-state index in [0.717, 1.165) is 25.8 Å². The van der Waals surface area contributed by atoms with Crippen molar-refractivity contribution in [1.29, 1.82) is 0 Å². The molecule has 3 N–H and O–H groups in total. The molecule has 0 radical (unpaired) electrons. The largest absolute Gasteiger partial charge is 0.481 e. The quantitative estimate of drug-likeness (QED) is 0.723. The molecular weight excluding hydrogens is 256 g/mol. The van der Waals surface area contributed by atoms with Crippen molar-refractivity contribution in [3.63, 3.8) is 0 Å². The summed E-state index contributed by atoms with van der Waals surface area (Å²) in [6.07, 6.45) is 6.31. The monoisotopic (exact) mass is 282 g/mol. The van der Waals surface area contributed by atoms with Crippen LogP contribution in [0.15, 0.2) is 0 Å². The van der Waals surface area contributed by atoms with Gasteiger partial charge in [0, 0.05) is 13.1 Å². The minimum Gasteiger partial charge on any atom is -0.481 e. The van der Waals surface area contributed by atoms with Crippen LogP contribution in [0.1, 0.15) is 45.4 Å². The molecule has 0 aromatic rings. The zero-order chi connectivity index (χ0) is 14.5. The van der Waals surface area contributed by atoms with Crippen LogP contribution in [0.5, 0.6) is 0 Å². The predicted molar refractivity (Wildman–Crippen MR) is 76.4 cm³/mol. The second kappa shape index (κ2) is 6.95. The lowest BCUT2D eigenvalue weighted by molar-refractivity contribution is -0.142. The lowest BCUT2D eigenvalue weighted by Crippen LogP contribution is -2.41. The third kappa shape index (κ3) is 3.87. The van der Waals surface area contributed by atoms with Gasteiger partial charge in [-0.2, -0.15) is 0 Å². The summed E-state index contributed by atoms with van der Waals surface area (Å²) in [5.41, 5.74) is 0. The Bertz CT molecular complexity index is 359. The number of aliphatic carboxylic acids is 1. The van der Waals surface area contributed by atoms with Crippen molar-refractivity contribution >= 4 is 12.0 Å². The number of rotatable bonds is 5. The molecule has 2 aliphatic carbocycles. The number of carbonyl (C=O) groups excluding carboxylic acids is 1. The number of carbonyl (C=O) groups is 2. The van der Waals surface area contributed by atoms with E-state index >= 15 is 0 Å². The van der Waals surface area contributed by atoms with Crippen molar-refractivity contribution in [3.05, 3.63) is 0 Å². The van der Waals surface area contributed by atoms with Crippen LogP contribution in [0, 0.1) is 23.7 Å².